The first kappa shape index (κ1) is 31.7. The lowest BCUT2D eigenvalue weighted by molar-refractivity contribution is 0.000974. The maximum atomic E-state index is 14.6. The SMILES string of the molecule is CCOC(=O)c1oc2ccc(S(=O)(=O)N(CCc3ccccc3)c3ccccc3N3CCN(C(O)c4cncs4)CC3)cc2c1C. The van der Waals surface area contributed by atoms with Crippen LogP contribution in [0.1, 0.15) is 39.7 Å². The predicted octanol–water partition coefficient (Wildman–Crippen LogP) is 5.63. The molecule has 0 bridgehead atoms. The number of furan rings is 1. The van der Waals surface area contributed by atoms with Gasteiger partial charge < -0.3 is 19.2 Å². The molecule has 1 saturated heterocycles. The Morgan fingerprint density at radius 2 is 1.80 bits per heavy atom. The minimum Gasteiger partial charge on any atom is -0.460 e. The van der Waals surface area contributed by atoms with Crippen LogP contribution in [0.15, 0.2) is 93.8 Å². The predicted molar refractivity (Wildman–Crippen MR) is 179 cm³/mol. The van der Waals surface area contributed by atoms with Gasteiger partial charge in [-0.15, -0.1) is 11.3 Å². The minimum atomic E-state index is -4.08. The van der Waals surface area contributed by atoms with Crippen LogP contribution in [0, 0.1) is 6.92 Å². The van der Waals surface area contributed by atoms with Gasteiger partial charge in [0.1, 0.15) is 11.8 Å². The Kier molecular flexibility index (Phi) is 9.41. The number of benzene rings is 3. The van der Waals surface area contributed by atoms with Crippen LogP contribution in [0.3, 0.4) is 0 Å². The highest BCUT2D eigenvalue weighted by Crippen LogP contribution is 2.36. The number of aromatic nitrogens is 1. The molecule has 3 aromatic carbocycles. The number of rotatable bonds is 11. The summed E-state index contributed by atoms with van der Waals surface area (Å²) in [5.74, 6) is -0.518. The molecule has 10 nitrogen and oxygen atoms in total. The van der Waals surface area contributed by atoms with E-state index >= 15 is 0 Å². The van der Waals surface area contributed by atoms with Gasteiger partial charge in [-0.3, -0.25) is 14.2 Å². The van der Waals surface area contributed by atoms with Crippen molar-refractivity contribution in [2.24, 2.45) is 0 Å². The molecule has 6 rings (SSSR count). The van der Waals surface area contributed by atoms with Gasteiger partial charge in [-0.2, -0.15) is 0 Å². The standard InChI is InChI=1S/C34H36N4O6S2/c1-3-43-34(40)32-24(2)27-21-26(13-14-30(27)44-32)46(41,42)38(16-15-25-9-5-4-6-10-25)29-12-8-7-11-28(29)36-17-19-37(20-18-36)33(39)31-22-35-23-45-31/h4-14,21-23,33,39H,3,15-20H2,1-2H3. The number of nitrogens with zero attached hydrogens (tertiary/aromatic N) is 4. The average molecular weight is 661 g/mol. The van der Waals surface area contributed by atoms with Crippen LogP contribution in [0.2, 0.25) is 0 Å². The number of carbonyl (C=O) groups excluding carboxylic acids is 1. The lowest BCUT2D eigenvalue weighted by Crippen LogP contribution is -2.48. The lowest BCUT2D eigenvalue weighted by Gasteiger charge is -2.39. The van der Waals surface area contributed by atoms with Crippen molar-refractivity contribution < 1.29 is 27.5 Å². The molecule has 1 aliphatic rings. The summed E-state index contributed by atoms with van der Waals surface area (Å²) >= 11 is 1.42. The molecule has 12 heteroatoms. The van der Waals surface area contributed by atoms with Crippen LogP contribution in [-0.2, 0) is 21.2 Å². The molecule has 1 fully saturated rings. The number of hydrogen-bond donors (Lipinski definition) is 1. The number of piperazine rings is 1. The maximum absolute atomic E-state index is 14.6. The second-order valence-electron chi connectivity index (χ2n) is 11.0. The summed E-state index contributed by atoms with van der Waals surface area (Å²) < 4.78 is 41.6. The molecule has 1 atom stereocenters. The first-order valence-electron chi connectivity index (χ1n) is 15.2. The highest BCUT2D eigenvalue weighted by Gasteiger charge is 2.31. The summed E-state index contributed by atoms with van der Waals surface area (Å²) in [5, 5.41) is 11.4. The monoisotopic (exact) mass is 660 g/mol. The van der Waals surface area contributed by atoms with Gasteiger partial charge in [-0.1, -0.05) is 42.5 Å². The quantitative estimate of drug-likeness (QED) is 0.180. The van der Waals surface area contributed by atoms with Crippen molar-refractivity contribution in [1.82, 2.24) is 9.88 Å². The van der Waals surface area contributed by atoms with Crippen molar-refractivity contribution in [3.05, 3.63) is 106 Å². The molecule has 0 radical (unpaired) electrons. The summed E-state index contributed by atoms with van der Waals surface area (Å²) in [7, 11) is -4.08. The fraction of sp³-hybridized carbons (Fsp3) is 0.294. The number of fused-ring (bicyclic) bond motifs is 1. The maximum Gasteiger partial charge on any atom is 0.374 e. The van der Waals surface area contributed by atoms with Crippen molar-refractivity contribution in [2.75, 3.05) is 48.5 Å². The molecule has 1 aliphatic heterocycles. The smallest absolute Gasteiger partial charge is 0.374 e. The van der Waals surface area contributed by atoms with Crippen LogP contribution >= 0.6 is 11.3 Å². The number of sulfonamides is 1. The molecule has 0 amide bonds. The molecule has 2 aromatic heterocycles. The first-order chi connectivity index (χ1) is 22.3. The number of para-hydroxylation sites is 2. The number of aryl methyl sites for hydroxylation is 1. The first-order valence-corrected chi connectivity index (χ1v) is 17.5. The van der Waals surface area contributed by atoms with Gasteiger partial charge in [-0.05, 0) is 56.2 Å². The van der Waals surface area contributed by atoms with E-state index in [1.807, 2.05) is 59.5 Å². The number of anilines is 2. The third kappa shape index (κ3) is 6.38. The third-order valence-corrected chi connectivity index (χ3v) is 10.9. The average Bonchev–Trinajstić information content (AvgIpc) is 3.74. The van der Waals surface area contributed by atoms with E-state index < -0.39 is 22.2 Å². The number of carbonyl (C=O) groups is 1. The second-order valence-corrected chi connectivity index (χ2v) is 13.8. The Bertz CT molecular complexity index is 1900. The van der Waals surface area contributed by atoms with Crippen molar-refractivity contribution in [2.45, 2.75) is 31.4 Å². The molecule has 3 heterocycles. The molecule has 5 aromatic rings. The lowest BCUT2D eigenvalue weighted by atomic mass is 10.1. The van der Waals surface area contributed by atoms with Crippen LogP contribution in [0.5, 0.6) is 0 Å². The molecule has 0 aliphatic carbocycles. The van der Waals surface area contributed by atoms with Gasteiger partial charge in [0, 0.05) is 49.9 Å². The Morgan fingerprint density at radius 3 is 2.52 bits per heavy atom. The molecular formula is C34H36N4O6S2. The summed E-state index contributed by atoms with van der Waals surface area (Å²) in [6.45, 7) is 6.27. The van der Waals surface area contributed by atoms with Crippen LogP contribution in [-0.4, -0.2) is 68.7 Å². The summed E-state index contributed by atoms with van der Waals surface area (Å²) in [4.78, 5) is 21.6. The molecule has 0 spiro atoms. The Morgan fingerprint density at radius 1 is 1.07 bits per heavy atom. The van der Waals surface area contributed by atoms with E-state index in [0.717, 1.165) is 16.1 Å². The van der Waals surface area contributed by atoms with E-state index in [9.17, 15) is 18.3 Å². The third-order valence-electron chi connectivity index (χ3n) is 8.26. The molecule has 46 heavy (non-hydrogen) atoms. The number of esters is 1. The van der Waals surface area contributed by atoms with Crippen molar-refractivity contribution >= 4 is 49.7 Å². The largest absolute Gasteiger partial charge is 0.460 e. The molecule has 1 N–H and O–H groups in total. The normalized spacial score (nSPS) is 14.8. The summed E-state index contributed by atoms with van der Waals surface area (Å²) in [5.41, 5.74) is 5.04. The highest BCUT2D eigenvalue weighted by molar-refractivity contribution is 7.92. The highest BCUT2D eigenvalue weighted by atomic mass is 32.2. The summed E-state index contributed by atoms with van der Waals surface area (Å²) in [6.07, 6.45) is 1.47. The van der Waals surface area contributed by atoms with Gasteiger partial charge in [0.05, 0.1) is 33.3 Å². The zero-order valence-electron chi connectivity index (χ0n) is 25.7. The van der Waals surface area contributed by atoms with Gasteiger partial charge >= 0.3 is 5.97 Å². The van der Waals surface area contributed by atoms with E-state index in [2.05, 4.69) is 9.88 Å². The number of thiazole rings is 1. The topological polar surface area (TPSA) is 116 Å². The van der Waals surface area contributed by atoms with Gasteiger partial charge in [0.25, 0.3) is 10.0 Å². The molecular weight excluding hydrogens is 625 g/mol. The fourth-order valence-electron chi connectivity index (χ4n) is 5.81. The Balaban J connectivity index is 1.34. The van der Waals surface area contributed by atoms with E-state index in [1.165, 1.54) is 21.7 Å². The second kappa shape index (κ2) is 13.6. The molecule has 1 unspecified atom stereocenters. The van der Waals surface area contributed by atoms with Crippen LogP contribution in [0.4, 0.5) is 11.4 Å². The minimum absolute atomic E-state index is 0.0669. The van der Waals surface area contributed by atoms with Crippen LogP contribution < -0.4 is 9.21 Å². The van der Waals surface area contributed by atoms with Crippen molar-refractivity contribution in [3.8, 4) is 0 Å². The number of aliphatic hydroxyl groups excluding tert-OH is 1. The van der Waals surface area contributed by atoms with E-state index in [-0.39, 0.29) is 23.8 Å². The van der Waals surface area contributed by atoms with E-state index in [1.54, 1.807) is 37.7 Å². The van der Waals surface area contributed by atoms with Gasteiger partial charge in [0.2, 0.25) is 5.76 Å². The van der Waals surface area contributed by atoms with Crippen molar-refractivity contribution in [1.29, 1.82) is 0 Å². The zero-order valence-corrected chi connectivity index (χ0v) is 27.3. The van der Waals surface area contributed by atoms with E-state index in [4.69, 9.17) is 9.15 Å². The van der Waals surface area contributed by atoms with Gasteiger partial charge in [-0.25, -0.2) is 13.2 Å². The Labute approximate surface area is 272 Å². The van der Waals surface area contributed by atoms with E-state index in [0.29, 0.717) is 54.8 Å². The molecule has 0 saturated carbocycles. The van der Waals surface area contributed by atoms with Crippen molar-refractivity contribution in [3.63, 3.8) is 0 Å². The fourth-order valence-corrected chi connectivity index (χ4v) is 7.95. The Hall–Kier alpha value is -4.23. The van der Waals surface area contributed by atoms with Gasteiger partial charge in [0.15, 0.2) is 0 Å². The number of hydrogen-bond acceptors (Lipinski definition) is 10. The summed E-state index contributed by atoms with van der Waals surface area (Å²) in [6, 6.07) is 22.0. The van der Waals surface area contributed by atoms with Crippen LogP contribution in [0.25, 0.3) is 11.0 Å². The molecule has 240 valence electrons. The number of ether oxygens (including phenoxy) is 1. The zero-order chi connectivity index (χ0) is 32.3. The number of aliphatic hydroxyl groups is 1.